The normalized spacial score (nSPS) is 28.3. The number of nitrogens with zero attached hydrogens (tertiary/aromatic N) is 4. The molecule has 1 amide bonds. The second-order valence-corrected chi connectivity index (χ2v) is 8.88. The van der Waals surface area contributed by atoms with Gasteiger partial charge in [0, 0.05) is 49.9 Å². The zero-order valence-corrected chi connectivity index (χ0v) is 15.8. The van der Waals surface area contributed by atoms with Crippen molar-refractivity contribution in [2.45, 2.75) is 65.0 Å². The molecule has 2 saturated heterocycles. The average Bonchev–Trinajstić information content (AvgIpc) is 3.27. The molecule has 1 spiro atoms. The molecule has 1 saturated carbocycles. The van der Waals surface area contributed by atoms with E-state index in [0.717, 1.165) is 51.5 Å². The standard InChI is InChI=1S/C20H32N4O/c1-16(2)24-11-9-21-18(24)13-22-10-3-7-20(14-22)8-6-19(25)23(15-20)12-17-4-5-17/h9,11,16-17H,3-8,10,12-15H2,1-2H3. The summed E-state index contributed by atoms with van der Waals surface area (Å²) >= 11 is 0. The Morgan fingerprint density at radius 3 is 2.88 bits per heavy atom. The maximum atomic E-state index is 12.3. The number of amides is 1. The Morgan fingerprint density at radius 2 is 2.12 bits per heavy atom. The molecule has 5 heteroatoms. The summed E-state index contributed by atoms with van der Waals surface area (Å²) < 4.78 is 2.28. The van der Waals surface area contributed by atoms with Crippen LogP contribution in [-0.2, 0) is 11.3 Å². The maximum Gasteiger partial charge on any atom is 0.222 e. The molecule has 1 aliphatic carbocycles. The van der Waals surface area contributed by atoms with E-state index in [1.807, 2.05) is 6.20 Å². The monoisotopic (exact) mass is 344 g/mol. The number of likely N-dealkylation sites (tertiary alicyclic amines) is 2. The third-order valence-electron chi connectivity index (χ3n) is 6.33. The van der Waals surface area contributed by atoms with Gasteiger partial charge in [-0.15, -0.1) is 0 Å². The Labute approximate surface area is 151 Å². The van der Waals surface area contributed by atoms with Crippen LogP contribution >= 0.6 is 0 Å². The van der Waals surface area contributed by atoms with Crippen LogP contribution < -0.4 is 0 Å². The molecule has 3 heterocycles. The smallest absolute Gasteiger partial charge is 0.222 e. The van der Waals surface area contributed by atoms with Crippen molar-refractivity contribution in [3.05, 3.63) is 18.2 Å². The van der Waals surface area contributed by atoms with Gasteiger partial charge in [0.05, 0.1) is 6.54 Å². The minimum atomic E-state index is 0.316. The van der Waals surface area contributed by atoms with Crippen LogP contribution in [0.15, 0.2) is 12.4 Å². The Kier molecular flexibility index (Phi) is 4.61. The Hall–Kier alpha value is -1.36. The van der Waals surface area contributed by atoms with Gasteiger partial charge in [-0.05, 0) is 58.4 Å². The van der Waals surface area contributed by atoms with E-state index in [1.54, 1.807) is 0 Å². The quantitative estimate of drug-likeness (QED) is 0.824. The fraction of sp³-hybridized carbons (Fsp3) is 0.800. The molecule has 1 unspecified atom stereocenters. The van der Waals surface area contributed by atoms with Crippen LogP contribution in [0.3, 0.4) is 0 Å². The van der Waals surface area contributed by atoms with Crippen molar-refractivity contribution in [1.29, 1.82) is 0 Å². The van der Waals surface area contributed by atoms with Crippen LogP contribution in [0.4, 0.5) is 0 Å². The number of aromatic nitrogens is 2. The van der Waals surface area contributed by atoms with Crippen molar-refractivity contribution in [1.82, 2.24) is 19.4 Å². The summed E-state index contributed by atoms with van der Waals surface area (Å²) in [5.74, 6) is 2.36. The molecule has 0 radical (unpaired) electrons. The van der Waals surface area contributed by atoms with Crippen LogP contribution in [0.1, 0.15) is 64.2 Å². The lowest BCUT2D eigenvalue weighted by molar-refractivity contribution is -0.139. The van der Waals surface area contributed by atoms with Gasteiger partial charge in [0.25, 0.3) is 0 Å². The van der Waals surface area contributed by atoms with Gasteiger partial charge >= 0.3 is 0 Å². The van der Waals surface area contributed by atoms with E-state index in [0.29, 0.717) is 17.4 Å². The van der Waals surface area contributed by atoms with Crippen molar-refractivity contribution in [2.75, 3.05) is 26.2 Å². The van der Waals surface area contributed by atoms with Crippen LogP contribution in [0.5, 0.6) is 0 Å². The highest BCUT2D eigenvalue weighted by molar-refractivity contribution is 5.77. The van der Waals surface area contributed by atoms with E-state index in [9.17, 15) is 4.79 Å². The number of carbonyl (C=O) groups excluding carboxylic acids is 1. The van der Waals surface area contributed by atoms with Crippen molar-refractivity contribution >= 4 is 5.91 Å². The predicted molar refractivity (Wildman–Crippen MR) is 98.1 cm³/mol. The number of rotatable bonds is 5. The predicted octanol–water partition coefficient (Wildman–Crippen LogP) is 3.08. The summed E-state index contributed by atoms with van der Waals surface area (Å²) in [7, 11) is 0. The summed E-state index contributed by atoms with van der Waals surface area (Å²) in [4.78, 5) is 21.7. The van der Waals surface area contributed by atoms with Crippen molar-refractivity contribution in [3.8, 4) is 0 Å². The zero-order chi connectivity index (χ0) is 17.4. The maximum absolute atomic E-state index is 12.3. The molecule has 138 valence electrons. The molecule has 3 fully saturated rings. The summed E-state index contributed by atoms with van der Waals surface area (Å²) in [6.07, 6.45) is 11.0. The highest BCUT2D eigenvalue weighted by Gasteiger charge is 2.42. The number of imidazole rings is 1. The van der Waals surface area contributed by atoms with Gasteiger partial charge in [-0.3, -0.25) is 9.69 Å². The third-order valence-corrected chi connectivity index (χ3v) is 6.33. The topological polar surface area (TPSA) is 41.4 Å². The van der Waals surface area contributed by atoms with E-state index >= 15 is 0 Å². The molecule has 4 rings (SSSR count). The molecule has 25 heavy (non-hydrogen) atoms. The van der Waals surface area contributed by atoms with E-state index in [-0.39, 0.29) is 0 Å². The van der Waals surface area contributed by atoms with Gasteiger partial charge in [-0.2, -0.15) is 0 Å². The minimum absolute atomic E-state index is 0.316. The molecule has 1 atom stereocenters. The fourth-order valence-electron chi connectivity index (χ4n) is 4.80. The van der Waals surface area contributed by atoms with Crippen LogP contribution in [0, 0.1) is 11.3 Å². The minimum Gasteiger partial charge on any atom is -0.342 e. The first-order chi connectivity index (χ1) is 12.0. The molecule has 1 aromatic heterocycles. The fourth-order valence-corrected chi connectivity index (χ4v) is 4.80. The van der Waals surface area contributed by atoms with Crippen molar-refractivity contribution in [2.24, 2.45) is 11.3 Å². The van der Waals surface area contributed by atoms with E-state index in [1.165, 1.54) is 31.5 Å². The van der Waals surface area contributed by atoms with Crippen molar-refractivity contribution < 1.29 is 4.79 Å². The lowest BCUT2D eigenvalue weighted by Crippen LogP contribution is -2.54. The first kappa shape index (κ1) is 17.1. The van der Waals surface area contributed by atoms with Gasteiger partial charge in [0.1, 0.15) is 5.82 Å². The van der Waals surface area contributed by atoms with Crippen LogP contribution in [0.2, 0.25) is 0 Å². The number of hydrogen-bond acceptors (Lipinski definition) is 3. The van der Waals surface area contributed by atoms with Crippen LogP contribution in [0.25, 0.3) is 0 Å². The second-order valence-electron chi connectivity index (χ2n) is 8.88. The number of carbonyl (C=O) groups is 1. The third kappa shape index (κ3) is 3.76. The Balaban J connectivity index is 1.42. The van der Waals surface area contributed by atoms with Gasteiger partial charge < -0.3 is 9.47 Å². The molecular weight excluding hydrogens is 312 g/mol. The summed E-state index contributed by atoms with van der Waals surface area (Å²) in [6, 6.07) is 0.456. The second kappa shape index (κ2) is 6.75. The summed E-state index contributed by atoms with van der Waals surface area (Å²) in [5.41, 5.74) is 0.316. The molecule has 5 nitrogen and oxygen atoms in total. The molecular formula is C20H32N4O. The Morgan fingerprint density at radius 1 is 1.28 bits per heavy atom. The lowest BCUT2D eigenvalue weighted by atomic mass is 9.73. The summed E-state index contributed by atoms with van der Waals surface area (Å²) in [5, 5.41) is 0. The largest absolute Gasteiger partial charge is 0.342 e. The molecule has 0 aromatic carbocycles. The average molecular weight is 345 g/mol. The van der Waals surface area contributed by atoms with E-state index < -0.39 is 0 Å². The van der Waals surface area contributed by atoms with Gasteiger partial charge in [0.2, 0.25) is 5.91 Å². The molecule has 2 aliphatic heterocycles. The molecule has 1 aromatic rings. The summed E-state index contributed by atoms with van der Waals surface area (Å²) in [6.45, 7) is 9.63. The van der Waals surface area contributed by atoms with Crippen molar-refractivity contribution in [3.63, 3.8) is 0 Å². The number of hydrogen-bond donors (Lipinski definition) is 0. The lowest BCUT2D eigenvalue weighted by Gasteiger charge is -2.48. The van der Waals surface area contributed by atoms with Gasteiger partial charge in [-0.25, -0.2) is 4.98 Å². The number of piperidine rings is 2. The Bertz CT molecular complexity index is 621. The van der Waals surface area contributed by atoms with E-state index in [4.69, 9.17) is 0 Å². The molecule has 0 bridgehead atoms. The van der Waals surface area contributed by atoms with Gasteiger partial charge in [-0.1, -0.05) is 0 Å². The highest BCUT2D eigenvalue weighted by atomic mass is 16.2. The van der Waals surface area contributed by atoms with E-state index in [2.05, 4.69) is 39.4 Å². The first-order valence-corrected chi connectivity index (χ1v) is 10.1. The molecule has 3 aliphatic rings. The molecule has 0 N–H and O–H groups in total. The zero-order valence-electron chi connectivity index (χ0n) is 15.8. The van der Waals surface area contributed by atoms with Crippen LogP contribution in [-0.4, -0.2) is 51.4 Å². The SMILES string of the molecule is CC(C)n1ccnc1CN1CCCC2(CCC(=O)N(CC3CC3)C2)C1. The first-order valence-electron chi connectivity index (χ1n) is 10.1. The highest BCUT2D eigenvalue weighted by Crippen LogP contribution is 2.41. The van der Waals surface area contributed by atoms with Gasteiger partial charge in [0.15, 0.2) is 0 Å².